The van der Waals surface area contributed by atoms with Crippen LogP contribution in [0.25, 0.3) is 5.65 Å². The molecule has 1 aliphatic rings. The average Bonchev–Trinajstić information content (AvgIpc) is 3.46. The van der Waals surface area contributed by atoms with Crippen LogP contribution in [0.15, 0.2) is 82.4 Å². The number of anilines is 2. The van der Waals surface area contributed by atoms with E-state index in [1.807, 2.05) is 41.8 Å². The summed E-state index contributed by atoms with van der Waals surface area (Å²) in [5.41, 5.74) is 12.7. The second-order valence-corrected chi connectivity index (χ2v) is 13.6. The molecular weight excluding hydrogens is 603 g/mol. The van der Waals surface area contributed by atoms with E-state index in [2.05, 4.69) is 90.2 Å². The smallest absolute Gasteiger partial charge is 0.254 e. The Bertz CT molecular complexity index is 1830. The maximum Gasteiger partial charge on any atom is 0.254 e. The number of benzene rings is 1. The molecule has 0 radical (unpaired) electrons. The van der Waals surface area contributed by atoms with Crippen LogP contribution in [0.5, 0.6) is 0 Å². The van der Waals surface area contributed by atoms with E-state index in [9.17, 15) is 4.79 Å². The normalized spacial score (nSPS) is 17.2. The van der Waals surface area contributed by atoms with Crippen LogP contribution < -0.4 is 16.4 Å². The zero-order valence-corrected chi connectivity index (χ0v) is 29.6. The molecule has 2 heterocycles. The summed E-state index contributed by atoms with van der Waals surface area (Å²) in [6, 6.07) is 9.75. The SMILES string of the molecule is CN=CC(=CN)Nc1cccn2c(C#CC3=C(C)C(C)C(F)C(C(=O)Nc4ccc(CN(C)CCN(C)C)c(C(C)(C)C)c4)=C3)cnc12. The van der Waals surface area contributed by atoms with Crippen LogP contribution >= 0.6 is 0 Å². The number of halogens is 1. The molecule has 4 N–H and O–H groups in total. The van der Waals surface area contributed by atoms with Gasteiger partial charge < -0.3 is 26.2 Å². The maximum absolute atomic E-state index is 15.7. The summed E-state index contributed by atoms with van der Waals surface area (Å²) in [6.45, 7) is 12.8. The van der Waals surface area contributed by atoms with Crippen molar-refractivity contribution in [3.8, 4) is 11.8 Å². The predicted molar refractivity (Wildman–Crippen MR) is 196 cm³/mol. The Balaban J connectivity index is 1.60. The number of pyridine rings is 1. The molecule has 2 atom stereocenters. The zero-order chi connectivity index (χ0) is 35.2. The van der Waals surface area contributed by atoms with E-state index in [4.69, 9.17) is 5.73 Å². The summed E-state index contributed by atoms with van der Waals surface area (Å²) in [6.07, 6.45) is 6.73. The second-order valence-electron chi connectivity index (χ2n) is 13.6. The third-order valence-corrected chi connectivity index (χ3v) is 8.54. The van der Waals surface area contributed by atoms with Gasteiger partial charge in [-0.25, -0.2) is 9.37 Å². The predicted octanol–water partition coefficient (Wildman–Crippen LogP) is 5.76. The Morgan fingerprint density at radius 3 is 2.58 bits per heavy atom. The summed E-state index contributed by atoms with van der Waals surface area (Å²) in [7, 11) is 7.92. The van der Waals surface area contributed by atoms with Gasteiger partial charge in [0.15, 0.2) is 5.65 Å². The number of carbonyl (C=O) groups is 1. The Morgan fingerprint density at radius 1 is 1.17 bits per heavy atom. The average molecular weight is 653 g/mol. The van der Waals surface area contributed by atoms with Crippen LogP contribution in [0.2, 0.25) is 0 Å². The quantitative estimate of drug-likeness (QED) is 0.190. The standard InChI is InChI=1S/C38H49FN8O/c1-25-26(2)35(39)32(37(48)44-29-14-12-28(33(20-29)38(3,4)5)24-46(9)18-17-45(7)8)19-27(25)13-15-31-23-42-36-34(11-10-16-47(31)36)43-30(21-40)22-41-6/h10-12,14,16,19-23,26,35,43H,17-18,24,40H2,1-9H3,(H,44,48). The molecule has 0 fully saturated rings. The first-order valence-corrected chi connectivity index (χ1v) is 16.2. The number of nitrogens with one attached hydrogen (secondary N) is 2. The van der Waals surface area contributed by atoms with Crippen molar-refractivity contribution < 1.29 is 9.18 Å². The molecule has 3 aromatic rings. The number of rotatable bonds is 10. The maximum atomic E-state index is 15.7. The van der Waals surface area contributed by atoms with Crippen molar-refractivity contribution in [1.29, 1.82) is 0 Å². The number of aliphatic imine (C=N–C) groups is 1. The number of fused-ring (bicyclic) bond motifs is 1. The lowest BCUT2D eigenvalue weighted by Gasteiger charge is -2.28. The summed E-state index contributed by atoms with van der Waals surface area (Å²) < 4.78 is 17.6. The first-order chi connectivity index (χ1) is 22.7. The number of imidazole rings is 1. The highest BCUT2D eigenvalue weighted by Crippen LogP contribution is 2.34. The highest BCUT2D eigenvalue weighted by atomic mass is 19.1. The third-order valence-electron chi connectivity index (χ3n) is 8.54. The number of alkyl halides is 1. The number of nitrogens with two attached hydrogens (primary N) is 1. The summed E-state index contributed by atoms with van der Waals surface area (Å²) in [4.78, 5) is 26.6. The molecule has 0 saturated carbocycles. The lowest BCUT2D eigenvalue weighted by Crippen LogP contribution is -2.30. The van der Waals surface area contributed by atoms with Crippen molar-refractivity contribution in [2.24, 2.45) is 16.6 Å². The lowest BCUT2D eigenvalue weighted by atomic mass is 9.82. The van der Waals surface area contributed by atoms with Gasteiger partial charge in [-0.3, -0.25) is 14.2 Å². The summed E-state index contributed by atoms with van der Waals surface area (Å²) in [5.74, 6) is 5.40. The Labute approximate surface area is 284 Å². The van der Waals surface area contributed by atoms with Crippen molar-refractivity contribution in [2.75, 3.05) is 51.9 Å². The monoisotopic (exact) mass is 652 g/mol. The van der Waals surface area contributed by atoms with Gasteiger partial charge in [0.25, 0.3) is 5.91 Å². The second kappa shape index (κ2) is 15.5. The molecular formula is C38H49FN8O. The van der Waals surface area contributed by atoms with E-state index < -0.39 is 18.0 Å². The summed E-state index contributed by atoms with van der Waals surface area (Å²) in [5, 5.41) is 6.20. The molecule has 0 bridgehead atoms. The van der Waals surface area contributed by atoms with Crippen LogP contribution in [0.4, 0.5) is 15.8 Å². The van der Waals surface area contributed by atoms with Crippen molar-refractivity contribution in [3.05, 3.63) is 94.2 Å². The van der Waals surface area contributed by atoms with Crippen molar-refractivity contribution in [3.63, 3.8) is 0 Å². The van der Waals surface area contributed by atoms with Crippen molar-refractivity contribution >= 4 is 29.1 Å². The number of aromatic nitrogens is 2. The van der Waals surface area contributed by atoms with Gasteiger partial charge in [0.05, 0.1) is 23.2 Å². The highest BCUT2D eigenvalue weighted by Gasteiger charge is 2.32. The Hall–Kier alpha value is -4.72. The zero-order valence-electron chi connectivity index (χ0n) is 29.6. The number of hydrogen-bond donors (Lipinski definition) is 3. The van der Waals surface area contributed by atoms with Gasteiger partial charge in [-0.15, -0.1) is 0 Å². The van der Waals surface area contributed by atoms with E-state index in [-0.39, 0.29) is 11.0 Å². The van der Waals surface area contributed by atoms with Gasteiger partial charge in [0, 0.05) is 62.5 Å². The number of carbonyl (C=O) groups excluding carboxylic acids is 1. The molecule has 1 aromatic carbocycles. The molecule has 2 unspecified atom stereocenters. The number of amides is 1. The third kappa shape index (κ3) is 8.59. The first-order valence-electron chi connectivity index (χ1n) is 16.2. The molecule has 2 aromatic heterocycles. The minimum atomic E-state index is -1.46. The lowest BCUT2D eigenvalue weighted by molar-refractivity contribution is -0.113. The van der Waals surface area contributed by atoms with Gasteiger partial charge in [0.1, 0.15) is 11.9 Å². The van der Waals surface area contributed by atoms with Crippen LogP contribution in [0.3, 0.4) is 0 Å². The number of hydrogen-bond acceptors (Lipinski definition) is 7. The van der Waals surface area contributed by atoms with Crippen LogP contribution in [-0.4, -0.2) is 78.8 Å². The molecule has 10 heteroatoms. The van der Waals surface area contributed by atoms with Gasteiger partial charge in [-0.05, 0) is 80.9 Å². The van der Waals surface area contributed by atoms with Gasteiger partial charge >= 0.3 is 0 Å². The van der Waals surface area contributed by atoms with Gasteiger partial charge in [-0.2, -0.15) is 0 Å². The minimum Gasteiger partial charge on any atom is -0.403 e. The molecule has 0 saturated heterocycles. The van der Waals surface area contributed by atoms with Gasteiger partial charge in [-0.1, -0.05) is 45.3 Å². The topological polar surface area (TPSA) is 103 Å². The number of allylic oxidation sites excluding steroid dienone is 4. The summed E-state index contributed by atoms with van der Waals surface area (Å²) >= 11 is 0. The first kappa shape index (κ1) is 36.1. The number of likely N-dealkylation sites (N-methyl/N-ethyl adjacent to an activating group) is 2. The van der Waals surface area contributed by atoms with E-state index in [0.717, 1.165) is 36.5 Å². The minimum absolute atomic E-state index is 0.0607. The largest absolute Gasteiger partial charge is 0.403 e. The van der Waals surface area contributed by atoms with E-state index in [1.54, 1.807) is 32.5 Å². The molecule has 0 aliphatic heterocycles. The Kier molecular flexibility index (Phi) is 11.6. The van der Waals surface area contributed by atoms with Crippen molar-refractivity contribution in [1.82, 2.24) is 19.2 Å². The van der Waals surface area contributed by atoms with Crippen LogP contribution in [-0.2, 0) is 16.8 Å². The Morgan fingerprint density at radius 2 is 1.92 bits per heavy atom. The molecule has 0 spiro atoms. The fourth-order valence-electron chi connectivity index (χ4n) is 5.59. The molecule has 1 aliphatic carbocycles. The number of nitrogens with zero attached hydrogens (tertiary/aromatic N) is 5. The van der Waals surface area contributed by atoms with E-state index in [1.165, 1.54) is 11.8 Å². The van der Waals surface area contributed by atoms with E-state index in [0.29, 0.717) is 28.3 Å². The highest BCUT2D eigenvalue weighted by molar-refractivity contribution is 6.05. The molecule has 48 heavy (non-hydrogen) atoms. The van der Waals surface area contributed by atoms with Crippen LogP contribution in [0.1, 0.15) is 51.4 Å². The molecule has 1 amide bonds. The molecule has 4 rings (SSSR count). The van der Waals surface area contributed by atoms with Gasteiger partial charge in [0.2, 0.25) is 0 Å². The van der Waals surface area contributed by atoms with E-state index >= 15 is 4.39 Å². The fraction of sp³-hybridized carbons (Fsp3) is 0.395. The fourth-order valence-corrected chi connectivity index (χ4v) is 5.59. The van der Waals surface area contributed by atoms with Crippen LogP contribution in [0, 0.1) is 17.8 Å². The molecule has 254 valence electrons. The van der Waals surface area contributed by atoms with Crippen molar-refractivity contribution in [2.45, 2.75) is 52.8 Å². The molecule has 9 nitrogen and oxygen atoms in total.